The van der Waals surface area contributed by atoms with E-state index in [1.807, 2.05) is 0 Å². The molecule has 138 valence electrons. The van der Waals surface area contributed by atoms with Crippen LogP contribution in [0.4, 0.5) is 5.69 Å². The van der Waals surface area contributed by atoms with E-state index in [0.29, 0.717) is 21.4 Å². The predicted molar refractivity (Wildman–Crippen MR) is 103 cm³/mol. The van der Waals surface area contributed by atoms with Crippen LogP contribution >= 0.6 is 23.2 Å². The number of esters is 1. The van der Waals surface area contributed by atoms with Gasteiger partial charge in [0.1, 0.15) is 0 Å². The molecule has 0 aliphatic carbocycles. The minimum atomic E-state index is -1.32. The van der Waals surface area contributed by atoms with Crippen molar-refractivity contribution in [3.8, 4) is 0 Å². The van der Waals surface area contributed by atoms with Gasteiger partial charge in [0.15, 0.2) is 6.10 Å². The highest BCUT2D eigenvalue weighted by molar-refractivity contribution is 7.85. The second-order valence-corrected chi connectivity index (χ2v) is 7.84. The van der Waals surface area contributed by atoms with Crippen LogP contribution < -0.4 is 5.32 Å². The standard InChI is InChI=1S/C18H17Cl2NO4S/c1-3-26(24)16-7-5-4-6-13(16)18(23)25-11(2)17(22)21-15-9-8-12(19)10-14(15)20/h4-11H,3H2,1-2H3,(H,21,22)/t11-,26-/m1/s1. The minimum absolute atomic E-state index is 0.178. The zero-order valence-electron chi connectivity index (χ0n) is 14.1. The number of carbonyl (C=O) groups is 2. The first-order chi connectivity index (χ1) is 12.3. The second-order valence-electron chi connectivity index (χ2n) is 5.29. The molecule has 1 amide bonds. The van der Waals surface area contributed by atoms with Gasteiger partial charge < -0.3 is 10.1 Å². The third-order valence-corrected chi connectivity index (χ3v) is 5.38. The third kappa shape index (κ3) is 5.06. The number of halogens is 2. The Morgan fingerprint density at radius 3 is 2.54 bits per heavy atom. The van der Waals surface area contributed by atoms with Gasteiger partial charge in [-0.05, 0) is 37.3 Å². The number of hydrogen-bond donors (Lipinski definition) is 1. The van der Waals surface area contributed by atoms with E-state index in [2.05, 4.69) is 5.32 Å². The van der Waals surface area contributed by atoms with Crippen LogP contribution in [0.1, 0.15) is 24.2 Å². The van der Waals surface area contributed by atoms with Crippen molar-refractivity contribution < 1.29 is 18.5 Å². The Labute approximate surface area is 164 Å². The van der Waals surface area contributed by atoms with Crippen molar-refractivity contribution in [2.24, 2.45) is 0 Å². The summed E-state index contributed by atoms with van der Waals surface area (Å²) < 4.78 is 17.3. The maximum Gasteiger partial charge on any atom is 0.340 e. The Balaban J connectivity index is 2.09. The highest BCUT2D eigenvalue weighted by Gasteiger charge is 2.22. The molecule has 2 aromatic carbocycles. The number of amides is 1. The lowest BCUT2D eigenvalue weighted by Gasteiger charge is -2.15. The fourth-order valence-electron chi connectivity index (χ4n) is 2.09. The Hall–Kier alpha value is -1.89. The largest absolute Gasteiger partial charge is 0.449 e. The van der Waals surface area contributed by atoms with Crippen LogP contribution in [-0.4, -0.2) is 27.9 Å². The maximum atomic E-state index is 12.4. The zero-order valence-corrected chi connectivity index (χ0v) is 16.5. The van der Waals surface area contributed by atoms with Crippen LogP contribution in [0.15, 0.2) is 47.4 Å². The third-order valence-electron chi connectivity index (χ3n) is 3.46. The Bertz CT molecular complexity index is 857. The summed E-state index contributed by atoms with van der Waals surface area (Å²) in [5, 5.41) is 3.29. The van der Waals surface area contributed by atoms with Crippen molar-refractivity contribution in [3.05, 3.63) is 58.1 Å². The van der Waals surface area contributed by atoms with Gasteiger partial charge in [0.05, 0.1) is 32.0 Å². The number of benzene rings is 2. The molecule has 2 aromatic rings. The summed E-state index contributed by atoms with van der Waals surface area (Å²) in [5.41, 5.74) is 0.535. The Kier molecular flexibility index (Phi) is 7.20. The molecule has 0 bridgehead atoms. The second kappa shape index (κ2) is 9.16. The molecule has 2 rings (SSSR count). The average Bonchev–Trinajstić information content (AvgIpc) is 2.63. The lowest BCUT2D eigenvalue weighted by Crippen LogP contribution is -2.30. The van der Waals surface area contributed by atoms with Crippen LogP contribution in [-0.2, 0) is 20.3 Å². The van der Waals surface area contributed by atoms with Crippen LogP contribution in [0.3, 0.4) is 0 Å². The van der Waals surface area contributed by atoms with E-state index < -0.39 is 28.8 Å². The molecular formula is C18H17Cl2NO4S. The normalized spacial score (nSPS) is 12.9. The summed E-state index contributed by atoms with van der Waals surface area (Å²) in [5.74, 6) is -0.890. The molecule has 0 radical (unpaired) electrons. The van der Waals surface area contributed by atoms with Gasteiger partial charge in [0.2, 0.25) is 0 Å². The molecule has 0 aliphatic heterocycles. The van der Waals surface area contributed by atoms with Gasteiger partial charge in [-0.25, -0.2) is 4.79 Å². The fraction of sp³-hybridized carbons (Fsp3) is 0.222. The monoisotopic (exact) mass is 413 g/mol. The van der Waals surface area contributed by atoms with Gasteiger partial charge in [0.25, 0.3) is 5.91 Å². The van der Waals surface area contributed by atoms with E-state index in [1.54, 1.807) is 37.3 Å². The fourth-order valence-corrected chi connectivity index (χ4v) is 3.49. The first kappa shape index (κ1) is 20.4. The van der Waals surface area contributed by atoms with E-state index in [9.17, 15) is 13.8 Å². The van der Waals surface area contributed by atoms with Crippen molar-refractivity contribution in [2.75, 3.05) is 11.1 Å². The first-order valence-corrected chi connectivity index (χ1v) is 9.85. The number of anilines is 1. The molecule has 26 heavy (non-hydrogen) atoms. The number of hydrogen-bond acceptors (Lipinski definition) is 4. The molecule has 2 atom stereocenters. The zero-order chi connectivity index (χ0) is 19.3. The molecule has 0 aliphatic rings. The van der Waals surface area contributed by atoms with Crippen molar-refractivity contribution >= 4 is 51.6 Å². The van der Waals surface area contributed by atoms with Crippen LogP contribution in [0.5, 0.6) is 0 Å². The summed E-state index contributed by atoms with van der Waals surface area (Å²) in [6.07, 6.45) is -1.07. The Morgan fingerprint density at radius 1 is 1.19 bits per heavy atom. The van der Waals surface area contributed by atoms with Crippen LogP contribution in [0.25, 0.3) is 0 Å². The molecule has 0 fully saturated rings. The summed E-state index contributed by atoms with van der Waals surface area (Å²) in [7, 11) is -1.32. The minimum Gasteiger partial charge on any atom is -0.449 e. The molecule has 0 spiro atoms. The smallest absolute Gasteiger partial charge is 0.340 e. The molecule has 0 saturated heterocycles. The molecule has 1 N–H and O–H groups in total. The highest BCUT2D eigenvalue weighted by atomic mass is 35.5. The predicted octanol–water partition coefficient (Wildman–Crippen LogP) is 4.30. The van der Waals surface area contributed by atoms with E-state index in [1.165, 1.54) is 19.1 Å². The molecule has 5 nitrogen and oxygen atoms in total. The quantitative estimate of drug-likeness (QED) is 0.716. The van der Waals surface area contributed by atoms with E-state index >= 15 is 0 Å². The van der Waals surface area contributed by atoms with Crippen LogP contribution in [0.2, 0.25) is 10.0 Å². The van der Waals surface area contributed by atoms with Gasteiger partial charge >= 0.3 is 5.97 Å². The lowest BCUT2D eigenvalue weighted by molar-refractivity contribution is -0.123. The number of rotatable bonds is 6. The molecule has 0 saturated carbocycles. The highest BCUT2D eigenvalue weighted by Crippen LogP contribution is 2.25. The summed E-state index contributed by atoms with van der Waals surface area (Å²) in [6, 6.07) is 11.1. The summed E-state index contributed by atoms with van der Waals surface area (Å²) in [6.45, 7) is 3.20. The molecular weight excluding hydrogens is 397 g/mol. The molecule has 8 heteroatoms. The molecule has 0 unspecified atom stereocenters. The number of nitrogens with one attached hydrogen (secondary N) is 1. The van der Waals surface area contributed by atoms with Crippen molar-refractivity contribution in [3.63, 3.8) is 0 Å². The Morgan fingerprint density at radius 2 is 1.88 bits per heavy atom. The molecule has 0 heterocycles. The van der Waals surface area contributed by atoms with E-state index in [0.717, 1.165) is 0 Å². The van der Waals surface area contributed by atoms with E-state index in [4.69, 9.17) is 27.9 Å². The van der Waals surface area contributed by atoms with Crippen LogP contribution in [0, 0.1) is 0 Å². The average molecular weight is 414 g/mol. The van der Waals surface area contributed by atoms with Crippen molar-refractivity contribution in [1.82, 2.24) is 0 Å². The number of carbonyl (C=O) groups excluding carboxylic acids is 2. The van der Waals surface area contributed by atoms with E-state index in [-0.39, 0.29) is 10.6 Å². The van der Waals surface area contributed by atoms with Gasteiger partial charge in [-0.15, -0.1) is 0 Å². The van der Waals surface area contributed by atoms with Gasteiger partial charge in [-0.1, -0.05) is 42.3 Å². The summed E-state index contributed by atoms with van der Waals surface area (Å²) >= 11 is 11.8. The van der Waals surface area contributed by atoms with Crippen molar-refractivity contribution in [2.45, 2.75) is 24.8 Å². The molecule has 0 aromatic heterocycles. The number of ether oxygens (including phenoxy) is 1. The van der Waals surface area contributed by atoms with Gasteiger partial charge in [-0.3, -0.25) is 9.00 Å². The lowest BCUT2D eigenvalue weighted by atomic mass is 10.2. The van der Waals surface area contributed by atoms with Gasteiger partial charge in [0, 0.05) is 10.8 Å². The topological polar surface area (TPSA) is 72.5 Å². The first-order valence-electron chi connectivity index (χ1n) is 7.77. The SMILES string of the molecule is CC[S@@](=O)c1ccccc1C(=O)O[C@H](C)C(=O)Nc1ccc(Cl)cc1Cl. The van der Waals surface area contributed by atoms with Gasteiger partial charge in [-0.2, -0.15) is 0 Å². The summed E-state index contributed by atoms with van der Waals surface area (Å²) in [4.78, 5) is 25.0. The van der Waals surface area contributed by atoms with Crippen molar-refractivity contribution in [1.29, 1.82) is 0 Å². The maximum absolute atomic E-state index is 12.4.